The largest absolute Gasteiger partial charge is 0.497 e. The summed E-state index contributed by atoms with van der Waals surface area (Å²) in [5, 5.41) is 3.40. The van der Waals surface area contributed by atoms with Gasteiger partial charge < -0.3 is 19.2 Å². The van der Waals surface area contributed by atoms with Gasteiger partial charge in [-0.15, -0.1) is 0 Å². The standard InChI is InChI=1S/C22H17ClN2O4/c1-27-18-4-2-3-14(11-18)22-25-19-12-16(7-10-20(19)29-22)24-21(26)13-28-17-8-5-15(23)6-9-17/h2-12H,13H2,1H3,(H,24,26). The number of carbonyl (C=O) groups excluding carboxylic acids is 1. The molecule has 7 heteroatoms. The molecule has 1 amide bonds. The van der Waals surface area contributed by atoms with Crippen molar-refractivity contribution in [2.24, 2.45) is 0 Å². The summed E-state index contributed by atoms with van der Waals surface area (Å²) in [6, 6.07) is 19.6. The third-order valence-electron chi connectivity index (χ3n) is 4.17. The molecule has 146 valence electrons. The fourth-order valence-corrected chi connectivity index (χ4v) is 2.89. The summed E-state index contributed by atoms with van der Waals surface area (Å²) in [5.41, 5.74) is 2.67. The Morgan fingerprint density at radius 2 is 1.90 bits per heavy atom. The van der Waals surface area contributed by atoms with Crippen molar-refractivity contribution in [2.45, 2.75) is 0 Å². The summed E-state index contributed by atoms with van der Waals surface area (Å²) < 4.78 is 16.5. The highest BCUT2D eigenvalue weighted by atomic mass is 35.5. The van der Waals surface area contributed by atoms with Crippen molar-refractivity contribution in [3.63, 3.8) is 0 Å². The molecule has 3 aromatic carbocycles. The molecule has 0 radical (unpaired) electrons. The summed E-state index contributed by atoms with van der Waals surface area (Å²) in [7, 11) is 1.61. The van der Waals surface area contributed by atoms with E-state index < -0.39 is 0 Å². The van der Waals surface area contributed by atoms with Gasteiger partial charge >= 0.3 is 0 Å². The van der Waals surface area contributed by atoms with E-state index in [9.17, 15) is 4.79 Å². The highest BCUT2D eigenvalue weighted by Crippen LogP contribution is 2.28. The van der Waals surface area contributed by atoms with E-state index in [0.717, 1.165) is 11.3 Å². The van der Waals surface area contributed by atoms with Crippen molar-refractivity contribution in [3.05, 3.63) is 71.8 Å². The van der Waals surface area contributed by atoms with E-state index in [-0.39, 0.29) is 12.5 Å². The molecular formula is C22H17ClN2O4. The van der Waals surface area contributed by atoms with Gasteiger partial charge in [0.25, 0.3) is 5.91 Å². The van der Waals surface area contributed by atoms with Crippen LogP contribution in [-0.2, 0) is 4.79 Å². The second-order valence-electron chi connectivity index (χ2n) is 6.22. The third kappa shape index (κ3) is 4.50. The highest BCUT2D eigenvalue weighted by Gasteiger charge is 2.11. The molecule has 0 unspecified atom stereocenters. The van der Waals surface area contributed by atoms with Gasteiger partial charge in [-0.2, -0.15) is 0 Å². The van der Waals surface area contributed by atoms with E-state index in [1.54, 1.807) is 49.6 Å². The number of amides is 1. The molecule has 0 aliphatic heterocycles. The lowest BCUT2D eigenvalue weighted by molar-refractivity contribution is -0.118. The van der Waals surface area contributed by atoms with Gasteiger partial charge in [-0.3, -0.25) is 4.79 Å². The average Bonchev–Trinajstić information content (AvgIpc) is 3.17. The van der Waals surface area contributed by atoms with Crippen LogP contribution < -0.4 is 14.8 Å². The maximum atomic E-state index is 12.2. The third-order valence-corrected chi connectivity index (χ3v) is 4.42. The number of hydrogen-bond donors (Lipinski definition) is 1. The molecule has 1 heterocycles. The number of fused-ring (bicyclic) bond motifs is 1. The van der Waals surface area contributed by atoms with Crippen molar-refractivity contribution in [3.8, 4) is 23.0 Å². The number of ether oxygens (including phenoxy) is 2. The minimum absolute atomic E-state index is 0.118. The first-order valence-electron chi connectivity index (χ1n) is 8.84. The van der Waals surface area contributed by atoms with E-state index in [1.165, 1.54) is 0 Å². The predicted molar refractivity (Wildman–Crippen MR) is 112 cm³/mol. The molecule has 0 aliphatic rings. The molecule has 0 bridgehead atoms. The van der Waals surface area contributed by atoms with Gasteiger partial charge in [0.1, 0.15) is 17.0 Å². The predicted octanol–water partition coefficient (Wildman–Crippen LogP) is 5.17. The Kier molecular flexibility index (Phi) is 5.35. The van der Waals surface area contributed by atoms with Crippen LogP contribution in [0.2, 0.25) is 5.02 Å². The molecule has 0 spiro atoms. The molecule has 0 saturated carbocycles. The monoisotopic (exact) mass is 408 g/mol. The lowest BCUT2D eigenvalue weighted by Gasteiger charge is -2.07. The van der Waals surface area contributed by atoms with Crippen molar-refractivity contribution < 1.29 is 18.7 Å². The Balaban J connectivity index is 1.45. The number of benzene rings is 3. The Labute approximate surface area is 172 Å². The number of nitrogens with one attached hydrogen (secondary N) is 1. The van der Waals surface area contributed by atoms with Gasteiger partial charge in [-0.1, -0.05) is 17.7 Å². The number of nitrogens with zero attached hydrogens (tertiary/aromatic N) is 1. The maximum absolute atomic E-state index is 12.2. The molecular weight excluding hydrogens is 392 g/mol. The lowest BCUT2D eigenvalue weighted by Crippen LogP contribution is -2.20. The molecule has 0 fully saturated rings. The molecule has 1 N–H and O–H groups in total. The zero-order valence-electron chi connectivity index (χ0n) is 15.5. The molecule has 4 aromatic rings. The van der Waals surface area contributed by atoms with Crippen LogP contribution in [-0.4, -0.2) is 24.6 Å². The minimum Gasteiger partial charge on any atom is -0.497 e. The summed E-state index contributed by atoms with van der Waals surface area (Å²) in [5.74, 6) is 1.49. The highest BCUT2D eigenvalue weighted by molar-refractivity contribution is 6.30. The van der Waals surface area contributed by atoms with Gasteiger partial charge in [0.2, 0.25) is 5.89 Å². The fraction of sp³-hybridized carbons (Fsp3) is 0.0909. The second kappa shape index (κ2) is 8.24. The number of oxazole rings is 1. The minimum atomic E-state index is -0.282. The average molecular weight is 409 g/mol. The fourth-order valence-electron chi connectivity index (χ4n) is 2.76. The summed E-state index contributed by atoms with van der Waals surface area (Å²) >= 11 is 5.83. The molecule has 0 atom stereocenters. The quantitative estimate of drug-likeness (QED) is 0.476. The molecule has 29 heavy (non-hydrogen) atoms. The Hall–Kier alpha value is -3.51. The Bertz CT molecular complexity index is 1160. The lowest BCUT2D eigenvalue weighted by atomic mass is 10.2. The van der Waals surface area contributed by atoms with E-state index in [0.29, 0.717) is 33.4 Å². The summed E-state index contributed by atoms with van der Waals surface area (Å²) in [4.78, 5) is 16.7. The molecule has 6 nitrogen and oxygen atoms in total. The van der Waals surface area contributed by atoms with Crippen molar-refractivity contribution in [1.29, 1.82) is 0 Å². The molecule has 1 aromatic heterocycles. The maximum Gasteiger partial charge on any atom is 0.262 e. The summed E-state index contributed by atoms with van der Waals surface area (Å²) in [6.07, 6.45) is 0. The van der Waals surface area contributed by atoms with Gasteiger partial charge in [-0.25, -0.2) is 4.98 Å². The zero-order valence-corrected chi connectivity index (χ0v) is 16.3. The topological polar surface area (TPSA) is 73.6 Å². The normalized spacial score (nSPS) is 10.7. The van der Waals surface area contributed by atoms with E-state index in [4.69, 9.17) is 25.5 Å². The first-order chi connectivity index (χ1) is 14.1. The first-order valence-corrected chi connectivity index (χ1v) is 9.22. The van der Waals surface area contributed by atoms with Crippen LogP contribution >= 0.6 is 11.6 Å². The number of aromatic nitrogens is 1. The van der Waals surface area contributed by atoms with Crippen LogP contribution in [0.15, 0.2) is 71.1 Å². The smallest absolute Gasteiger partial charge is 0.262 e. The SMILES string of the molecule is COc1cccc(-c2nc3cc(NC(=O)COc4ccc(Cl)cc4)ccc3o2)c1. The van der Waals surface area contributed by atoms with Crippen LogP contribution in [0, 0.1) is 0 Å². The Morgan fingerprint density at radius 1 is 1.07 bits per heavy atom. The van der Waals surface area contributed by atoms with Crippen molar-refractivity contribution in [1.82, 2.24) is 4.98 Å². The first kappa shape index (κ1) is 18.8. The number of halogens is 1. The second-order valence-corrected chi connectivity index (χ2v) is 6.66. The van der Waals surface area contributed by atoms with Crippen LogP contribution in [0.5, 0.6) is 11.5 Å². The van der Waals surface area contributed by atoms with Crippen LogP contribution in [0.25, 0.3) is 22.6 Å². The zero-order chi connectivity index (χ0) is 20.2. The molecule has 0 saturated heterocycles. The van der Waals surface area contributed by atoms with Crippen molar-refractivity contribution >= 4 is 34.3 Å². The Morgan fingerprint density at radius 3 is 2.69 bits per heavy atom. The van der Waals surface area contributed by atoms with Gasteiger partial charge in [-0.05, 0) is 60.7 Å². The van der Waals surface area contributed by atoms with Crippen LogP contribution in [0.4, 0.5) is 5.69 Å². The summed E-state index contributed by atoms with van der Waals surface area (Å²) in [6.45, 7) is -0.118. The number of carbonyl (C=O) groups is 1. The molecule has 4 rings (SSSR count). The number of rotatable bonds is 6. The number of methoxy groups -OCH3 is 1. The van der Waals surface area contributed by atoms with Crippen LogP contribution in [0.3, 0.4) is 0 Å². The van der Waals surface area contributed by atoms with E-state index in [1.807, 2.05) is 24.3 Å². The van der Waals surface area contributed by atoms with Gasteiger partial charge in [0, 0.05) is 16.3 Å². The van der Waals surface area contributed by atoms with E-state index >= 15 is 0 Å². The number of hydrogen-bond acceptors (Lipinski definition) is 5. The molecule has 0 aliphatic carbocycles. The van der Waals surface area contributed by atoms with Crippen LogP contribution in [0.1, 0.15) is 0 Å². The van der Waals surface area contributed by atoms with E-state index in [2.05, 4.69) is 10.3 Å². The van der Waals surface area contributed by atoms with Crippen molar-refractivity contribution in [2.75, 3.05) is 19.0 Å². The van der Waals surface area contributed by atoms with Gasteiger partial charge in [0.05, 0.1) is 7.11 Å². The number of anilines is 1. The van der Waals surface area contributed by atoms with Gasteiger partial charge in [0.15, 0.2) is 12.2 Å².